The fourth-order valence-electron chi connectivity index (χ4n) is 6.87. The molecule has 0 aromatic rings. The Morgan fingerprint density at radius 1 is 0.952 bits per heavy atom. The van der Waals surface area contributed by atoms with Crippen LogP contribution in [0.3, 0.4) is 0 Å². The van der Waals surface area contributed by atoms with E-state index in [1.165, 1.54) is 25.7 Å². The van der Waals surface area contributed by atoms with Crippen LogP contribution in [0, 0.1) is 34.5 Å². The normalized spacial score (nSPS) is 53.0. The zero-order valence-corrected chi connectivity index (χ0v) is 13.5. The molecule has 0 aromatic heterocycles. The van der Waals surface area contributed by atoms with Gasteiger partial charge >= 0.3 is 0 Å². The summed E-state index contributed by atoms with van der Waals surface area (Å²) in [5, 5.41) is 0. The van der Waals surface area contributed by atoms with Gasteiger partial charge < -0.3 is 0 Å². The van der Waals surface area contributed by atoms with E-state index in [-0.39, 0.29) is 10.8 Å². The molecule has 4 rings (SSSR count). The summed E-state index contributed by atoms with van der Waals surface area (Å²) in [5.41, 5.74) is 0.143. The van der Waals surface area contributed by atoms with Crippen LogP contribution >= 0.6 is 0 Å². The number of Topliss-reactive ketones (excluding diaryl/α,β-unsaturated/α-hetero) is 2. The van der Waals surface area contributed by atoms with Gasteiger partial charge in [-0.2, -0.15) is 0 Å². The molecule has 0 aliphatic heterocycles. The van der Waals surface area contributed by atoms with Crippen LogP contribution in [0.2, 0.25) is 0 Å². The minimum Gasteiger partial charge on any atom is -0.299 e. The molecule has 4 fully saturated rings. The monoisotopic (exact) mass is 288 g/mol. The van der Waals surface area contributed by atoms with Gasteiger partial charge in [0.15, 0.2) is 0 Å². The third kappa shape index (κ3) is 1.71. The van der Waals surface area contributed by atoms with Crippen LogP contribution in [0.5, 0.6) is 0 Å². The molecular formula is C19H28O2. The maximum Gasteiger partial charge on any atom is 0.139 e. The third-order valence-corrected chi connectivity index (χ3v) is 8.07. The summed E-state index contributed by atoms with van der Waals surface area (Å²) in [6.07, 6.45) is 9.74. The second kappa shape index (κ2) is 4.43. The highest BCUT2D eigenvalue weighted by Gasteiger charge is 2.61. The number of carbonyl (C=O) groups is 2. The standard InChI is InChI=1S/C19H28O2/c1-18-9-4-3-5-15(18)16(20)11-12-13-6-7-17(21)19(13,2)10-8-14(12)18/h12-15H,3-11H2,1-2H3/t12-,13-,14+,15?,18+,19-/m0/s1. The summed E-state index contributed by atoms with van der Waals surface area (Å²) in [5.74, 6) is 3.03. The second-order valence-corrected chi connectivity index (χ2v) is 8.77. The van der Waals surface area contributed by atoms with Crippen LogP contribution in [0.1, 0.15) is 71.6 Å². The molecule has 4 aliphatic rings. The molecular weight excluding hydrogens is 260 g/mol. The smallest absolute Gasteiger partial charge is 0.139 e. The highest BCUT2D eigenvalue weighted by Crippen LogP contribution is 2.64. The van der Waals surface area contributed by atoms with Gasteiger partial charge in [-0.1, -0.05) is 26.7 Å². The maximum atomic E-state index is 12.8. The van der Waals surface area contributed by atoms with Gasteiger partial charge in [-0.3, -0.25) is 9.59 Å². The molecule has 0 amide bonds. The molecule has 2 heteroatoms. The van der Waals surface area contributed by atoms with Gasteiger partial charge in [-0.05, 0) is 55.3 Å². The average molecular weight is 288 g/mol. The fourth-order valence-corrected chi connectivity index (χ4v) is 6.87. The van der Waals surface area contributed by atoms with Crippen molar-refractivity contribution in [1.29, 1.82) is 0 Å². The van der Waals surface area contributed by atoms with Crippen molar-refractivity contribution >= 4 is 11.6 Å². The Kier molecular flexibility index (Phi) is 2.94. The molecule has 0 radical (unpaired) electrons. The van der Waals surface area contributed by atoms with E-state index in [1.807, 2.05) is 0 Å². The molecule has 0 bridgehead atoms. The molecule has 4 aliphatic carbocycles. The lowest BCUT2D eigenvalue weighted by Gasteiger charge is -2.58. The van der Waals surface area contributed by atoms with Crippen LogP contribution in [0.4, 0.5) is 0 Å². The topological polar surface area (TPSA) is 34.1 Å². The summed E-state index contributed by atoms with van der Waals surface area (Å²) in [6, 6.07) is 0. The Hall–Kier alpha value is -0.660. The third-order valence-electron chi connectivity index (χ3n) is 8.07. The molecule has 6 atom stereocenters. The summed E-state index contributed by atoms with van der Waals surface area (Å²) in [6.45, 7) is 4.61. The van der Waals surface area contributed by atoms with Crippen molar-refractivity contribution in [2.45, 2.75) is 71.6 Å². The van der Waals surface area contributed by atoms with Gasteiger partial charge in [0.1, 0.15) is 11.6 Å². The number of fused-ring (bicyclic) bond motifs is 5. The Morgan fingerprint density at radius 2 is 1.76 bits per heavy atom. The molecule has 0 saturated heterocycles. The van der Waals surface area contributed by atoms with Crippen molar-refractivity contribution in [3.05, 3.63) is 0 Å². The number of rotatable bonds is 0. The van der Waals surface area contributed by atoms with Crippen LogP contribution in [-0.4, -0.2) is 11.6 Å². The van der Waals surface area contributed by atoms with E-state index in [9.17, 15) is 9.59 Å². The number of ketones is 2. The number of hydrogen-bond acceptors (Lipinski definition) is 2. The molecule has 0 N–H and O–H groups in total. The predicted molar refractivity (Wildman–Crippen MR) is 81.7 cm³/mol. The van der Waals surface area contributed by atoms with Gasteiger partial charge in [0, 0.05) is 24.2 Å². The van der Waals surface area contributed by atoms with Gasteiger partial charge in [-0.15, -0.1) is 0 Å². The van der Waals surface area contributed by atoms with Crippen LogP contribution in [-0.2, 0) is 9.59 Å². The molecule has 0 heterocycles. The van der Waals surface area contributed by atoms with E-state index < -0.39 is 0 Å². The Bertz CT molecular complexity index is 496. The molecule has 2 nitrogen and oxygen atoms in total. The van der Waals surface area contributed by atoms with Crippen LogP contribution < -0.4 is 0 Å². The summed E-state index contributed by atoms with van der Waals surface area (Å²) < 4.78 is 0. The SMILES string of the molecule is C[C@]12CCCCC1C(=O)C[C@@H]1[C@H]2CC[C@]2(C)C(=O)CC[C@@H]12. The zero-order chi connectivity index (χ0) is 14.8. The van der Waals surface area contributed by atoms with Gasteiger partial charge in [-0.25, -0.2) is 0 Å². The predicted octanol–water partition coefficient (Wildman–Crippen LogP) is 4.17. The second-order valence-electron chi connectivity index (χ2n) is 8.77. The van der Waals surface area contributed by atoms with Crippen molar-refractivity contribution in [3.8, 4) is 0 Å². The largest absolute Gasteiger partial charge is 0.299 e. The Balaban J connectivity index is 1.71. The molecule has 0 aromatic carbocycles. The summed E-state index contributed by atoms with van der Waals surface area (Å²) >= 11 is 0. The minimum absolute atomic E-state index is 0.0979. The van der Waals surface area contributed by atoms with Crippen molar-refractivity contribution in [1.82, 2.24) is 0 Å². The van der Waals surface area contributed by atoms with Gasteiger partial charge in [0.2, 0.25) is 0 Å². The van der Waals surface area contributed by atoms with Crippen molar-refractivity contribution < 1.29 is 9.59 Å². The van der Waals surface area contributed by atoms with E-state index in [0.29, 0.717) is 35.2 Å². The summed E-state index contributed by atoms with van der Waals surface area (Å²) in [4.78, 5) is 25.1. The van der Waals surface area contributed by atoms with E-state index in [1.54, 1.807) is 0 Å². The maximum absolute atomic E-state index is 12.8. The zero-order valence-electron chi connectivity index (χ0n) is 13.5. The lowest BCUT2D eigenvalue weighted by molar-refractivity contribution is -0.155. The van der Waals surface area contributed by atoms with Crippen LogP contribution in [0.15, 0.2) is 0 Å². The Labute approximate surface area is 128 Å². The molecule has 1 unspecified atom stereocenters. The first kappa shape index (κ1) is 14.0. The van der Waals surface area contributed by atoms with Crippen molar-refractivity contribution in [3.63, 3.8) is 0 Å². The van der Waals surface area contributed by atoms with E-state index in [0.717, 1.165) is 32.1 Å². The molecule has 21 heavy (non-hydrogen) atoms. The highest BCUT2D eigenvalue weighted by atomic mass is 16.1. The Morgan fingerprint density at radius 3 is 2.57 bits per heavy atom. The quantitative estimate of drug-likeness (QED) is 0.670. The van der Waals surface area contributed by atoms with E-state index >= 15 is 0 Å². The van der Waals surface area contributed by atoms with Crippen molar-refractivity contribution in [2.75, 3.05) is 0 Å². The van der Waals surface area contributed by atoms with E-state index in [2.05, 4.69) is 13.8 Å². The number of carbonyl (C=O) groups excluding carboxylic acids is 2. The lowest BCUT2D eigenvalue weighted by Crippen LogP contribution is -2.55. The van der Waals surface area contributed by atoms with Gasteiger partial charge in [0.05, 0.1) is 0 Å². The molecule has 4 saturated carbocycles. The first-order chi connectivity index (χ1) is 9.97. The fraction of sp³-hybridized carbons (Fsp3) is 0.895. The lowest BCUT2D eigenvalue weighted by atomic mass is 9.45. The molecule has 116 valence electrons. The van der Waals surface area contributed by atoms with Crippen LogP contribution in [0.25, 0.3) is 0 Å². The minimum atomic E-state index is -0.0979. The first-order valence-corrected chi connectivity index (χ1v) is 9.03. The summed E-state index contributed by atoms with van der Waals surface area (Å²) in [7, 11) is 0. The van der Waals surface area contributed by atoms with Crippen molar-refractivity contribution in [2.24, 2.45) is 34.5 Å². The van der Waals surface area contributed by atoms with Gasteiger partial charge in [0.25, 0.3) is 0 Å². The number of hydrogen-bond donors (Lipinski definition) is 0. The average Bonchev–Trinajstić information content (AvgIpc) is 2.75. The molecule has 0 spiro atoms. The highest BCUT2D eigenvalue weighted by molar-refractivity contribution is 5.88. The first-order valence-electron chi connectivity index (χ1n) is 9.03. The van der Waals surface area contributed by atoms with E-state index in [4.69, 9.17) is 0 Å².